The number of hydrogen-bond donors (Lipinski definition) is 2. The highest BCUT2D eigenvalue weighted by Gasteiger charge is 2.44. The molecule has 0 aromatic heterocycles. The summed E-state index contributed by atoms with van der Waals surface area (Å²) in [7, 11) is 0. The second-order valence-electron chi connectivity index (χ2n) is 9.27. The molecule has 0 unspecified atom stereocenters. The number of nitrogens with one attached hydrogen (secondary N) is 1. The van der Waals surface area contributed by atoms with Crippen LogP contribution in [0.4, 0.5) is 21.5 Å². The summed E-state index contributed by atoms with van der Waals surface area (Å²) in [6.07, 6.45) is 8.10. The van der Waals surface area contributed by atoms with E-state index in [1.807, 2.05) is 12.1 Å². The lowest BCUT2D eigenvalue weighted by atomic mass is 9.57. The summed E-state index contributed by atoms with van der Waals surface area (Å²) in [6, 6.07) is 14.7. The van der Waals surface area contributed by atoms with Crippen LogP contribution in [0.15, 0.2) is 58.7 Å². The van der Waals surface area contributed by atoms with E-state index in [0.29, 0.717) is 30.4 Å². The Kier molecular flexibility index (Phi) is 9.19. The van der Waals surface area contributed by atoms with E-state index < -0.39 is 0 Å². The zero-order valence-corrected chi connectivity index (χ0v) is 20.0. The van der Waals surface area contributed by atoms with Crippen LogP contribution >= 0.6 is 0 Å². The number of rotatable bonds is 8. The van der Waals surface area contributed by atoms with Gasteiger partial charge in [-0.3, -0.25) is 4.79 Å². The first-order chi connectivity index (χ1) is 16.5. The number of para-hydroxylation sites is 1. The molecule has 0 atom stereocenters. The average molecular weight is 466 g/mol. The van der Waals surface area contributed by atoms with Gasteiger partial charge in [0.05, 0.1) is 5.69 Å². The molecule has 34 heavy (non-hydrogen) atoms. The zero-order valence-electron chi connectivity index (χ0n) is 20.0. The molecule has 2 aromatic carbocycles. The van der Waals surface area contributed by atoms with Gasteiger partial charge >= 0.3 is 0 Å². The van der Waals surface area contributed by atoms with Crippen LogP contribution in [0.3, 0.4) is 0 Å². The second kappa shape index (κ2) is 12.3. The number of carbonyl (C=O) groups is 1. The van der Waals surface area contributed by atoms with Gasteiger partial charge in [-0.25, -0.2) is 4.39 Å². The predicted molar refractivity (Wildman–Crippen MR) is 140 cm³/mol. The van der Waals surface area contributed by atoms with E-state index in [1.165, 1.54) is 56.9 Å². The van der Waals surface area contributed by atoms with E-state index in [1.54, 1.807) is 18.2 Å². The number of anilines is 3. The molecule has 0 amide bonds. The first-order valence-corrected chi connectivity index (χ1v) is 12.0. The number of aldehydes is 1. The van der Waals surface area contributed by atoms with Crippen molar-refractivity contribution in [1.29, 1.82) is 0 Å². The molecule has 3 N–H and O–H groups in total. The van der Waals surface area contributed by atoms with Crippen molar-refractivity contribution >= 4 is 35.8 Å². The van der Waals surface area contributed by atoms with Gasteiger partial charge in [0, 0.05) is 44.1 Å². The molecule has 2 fully saturated rings. The molecule has 0 bridgehead atoms. The maximum absolute atomic E-state index is 13.2. The standard InChI is InChI=1S/C16H24N2.C11H12FN3O/c1-2-13-11-16(12-13)7-9-18(10-8-16)15-5-3-14(17)4-6-15;1-13-15-9(8-16)6-7-14-11-5-3-2-4-10(11)12/h3-6,13H,2,7-12,17H2,1H3;2-5,8,14H,1,6-7H2/b;15-9+. The van der Waals surface area contributed by atoms with E-state index in [4.69, 9.17) is 5.73 Å². The molecule has 0 radical (unpaired) electrons. The Morgan fingerprint density at radius 3 is 2.47 bits per heavy atom. The lowest BCUT2D eigenvalue weighted by Gasteiger charge is -2.52. The fraction of sp³-hybridized carbons (Fsp3) is 0.444. The van der Waals surface area contributed by atoms with Crippen molar-refractivity contribution < 1.29 is 9.18 Å². The van der Waals surface area contributed by atoms with Gasteiger partial charge in [-0.05, 0) is 73.4 Å². The summed E-state index contributed by atoms with van der Waals surface area (Å²) >= 11 is 0. The molecule has 1 heterocycles. The van der Waals surface area contributed by atoms with Gasteiger partial charge in [0.2, 0.25) is 0 Å². The molecule has 6 nitrogen and oxygen atoms in total. The molecule has 1 aliphatic heterocycles. The largest absolute Gasteiger partial charge is 0.399 e. The van der Waals surface area contributed by atoms with Gasteiger partial charge in [0.25, 0.3) is 0 Å². The van der Waals surface area contributed by atoms with Crippen LogP contribution in [0.25, 0.3) is 0 Å². The summed E-state index contributed by atoms with van der Waals surface area (Å²) in [5, 5.41) is 9.64. The van der Waals surface area contributed by atoms with Crippen molar-refractivity contribution in [2.45, 2.75) is 45.4 Å². The monoisotopic (exact) mass is 465 g/mol. The number of piperidine rings is 1. The van der Waals surface area contributed by atoms with E-state index in [0.717, 1.165) is 11.6 Å². The van der Waals surface area contributed by atoms with Gasteiger partial charge in [-0.2, -0.15) is 10.2 Å². The topological polar surface area (TPSA) is 83.1 Å². The van der Waals surface area contributed by atoms with Crippen LogP contribution in [0.5, 0.6) is 0 Å². The molecule has 1 aliphatic carbocycles. The lowest BCUT2D eigenvalue weighted by Crippen LogP contribution is -2.47. The minimum atomic E-state index is -0.325. The summed E-state index contributed by atoms with van der Waals surface area (Å²) in [6.45, 7) is 8.34. The molecular weight excluding hydrogens is 429 g/mol. The number of halogens is 1. The van der Waals surface area contributed by atoms with Crippen molar-refractivity contribution in [2.24, 2.45) is 21.5 Å². The third kappa shape index (κ3) is 6.89. The van der Waals surface area contributed by atoms with E-state index in [2.05, 4.69) is 46.2 Å². The minimum absolute atomic E-state index is 0.277. The van der Waals surface area contributed by atoms with Gasteiger partial charge < -0.3 is 16.0 Å². The molecule has 1 saturated carbocycles. The van der Waals surface area contributed by atoms with Crippen LogP contribution in [0.2, 0.25) is 0 Å². The number of hydrogen-bond acceptors (Lipinski definition) is 6. The zero-order chi connectivity index (χ0) is 24.4. The van der Waals surface area contributed by atoms with Crippen LogP contribution in [0.1, 0.15) is 45.4 Å². The quantitative estimate of drug-likeness (QED) is 0.231. The maximum Gasteiger partial charge on any atom is 0.166 e. The average Bonchev–Trinajstić information content (AvgIpc) is 2.84. The Hall–Kier alpha value is -3.22. The summed E-state index contributed by atoms with van der Waals surface area (Å²) in [5.74, 6) is 0.696. The summed E-state index contributed by atoms with van der Waals surface area (Å²) < 4.78 is 13.2. The normalized spacial score (nSPS) is 17.4. The molecule has 2 aromatic rings. The Bertz CT molecular complexity index is 959. The van der Waals surface area contributed by atoms with Crippen molar-refractivity contribution in [1.82, 2.24) is 0 Å². The lowest BCUT2D eigenvalue weighted by molar-refractivity contribution is -0.102. The summed E-state index contributed by atoms with van der Waals surface area (Å²) in [4.78, 5) is 13.0. The highest BCUT2D eigenvalue weighted by Crippen LogP contribution is 2.53. The van der Waals surface area contributed by atoms with Crippen LogP contribution < -0.4 is 16.0 Å². The second-order valence-corrected chi connectivity index (χ2v) is 9.27. The fourth-order valence-electron chi connectivity index (χ4n) is 4.94. The smallest absolute Gasteiger partial charge is 0.166 e. The Morgan fingerprint density at radius 1 is 1.21 bits per heavy atom. The van der Waals surface area contributed by atoms with Crippen molar-refractivity contribution in [3.05, 3.63) is 54.3 Å². The molecule has 7 heteroatoms. The van der Waals surface area contributed by atoms with Crippen LogP contribution in [0, 0.1) is 17.2 Å². The van der Waals surface area contributed by atoms with Crippen LogP contribution in [-0.4, -0.2) is 38.3 Å². The van der Waals surface area contributed by atoms with Gasteiger partial charge in [0.1, 0.15) is 11.5 Å². The summed E-state index contributed by atoms with van der Waals surface area (Å²) in [5.41, 5.74) is 9.33. The Balaban J connectivity index is 0.000000192. The SMILES string of the molecule is C=N/N=C(/C=O)CCNc1ccccc1F.CCC1CC2(CCN(c3ccc(N)cc3)CC2)C1. The third-order valence-electron chi connectivity index (χ3n) is 7.01. The number of nitrogen functional groups attached to an aromatic ring is 1. The number of carbonyl (C=O) groups excluding carboxylic acids is 1. The maximum atomic E-state index is 13.2. The van der Waals surface area contributed by atoms with Crippen molar-refractivity contribution in [3.8, 4) is 0 Å². The van der Waals surface area contributed by atoms with Gasteiger partial charge in [-0.1, -0.05) is 25.5 Å². The number of nitrogens with two attached hydrogens (primary N) is 1. The van der Waals surface area contributed by atoms with Crippen molar-refractivity contribution in [3.63, 3.8) is 0 Å². The van der Waals surface area contributed by atoms with Crippen LogP contribution in [-0.2, 0) is 4.79 Å². The Labute approximate surface area is 202 Å². The molecular formula is C27H36FN5O. The van der Waals surface area contributed by atoms with Gasteiger partial charge in [-0.15, -0.1) is 0 Å². The van der Waals surface area contributed by atoms with E-state index in [-0.39, 0.29) is 11.5 Å². The Morgan fingerprint density at radius 2 is 1.88 bits per heavy atom. The van der Waals surface area contributed by atoms with Crippen molar-refractivity contribution in [2.75, 3.05) is 35.6 Å². The van der Waals surface area contributed by atoms with E-state index >= 15 is 0 Å². The number of benzene rings is 2. The predicted octanol–water partition coefficient (Wildman–Crippen LogP) is 5.56. The first kappa shape index (κ1) is 25.4. The van der Waals surface area contributed by atoms with Gasteiger partial charge in [0.15, 0.2) is 6.29 Å². The first-order valence-electron chi connectivity index (χ1n) is 12.0. The fourth-order valence-corrected chi connectivity index (χ4v) is 4.94. The highest BCUT2D eigenvalue weighted by molar-refractivity contribution is 6.28. The van der Waals surface area contributed by atoms with E-state index in [9.17, 15) is 9.18 Å². The highest BCUT2D eigenvalue weighted by atomic mass is 19.1. The molecule has 182 valence electrons. The number of nitrogens with zero attached hydrogens (tertiary/aromatic N) is 3. The molecule has 1 saturated heterocycles. The molecule has 2 aliphatic rings. The molecule has 1 spiro atoms. The molecule has 4 rings (SSSR count). The third-order valence-corrected chi connectivity index (χ3v) is 7.01. The minimum Gasteiger partial charge on any atom is -0.399 e.